The summed E-state index contributed by atoms with van der Waals surface area (Å²) in [5, 5.41) is 12.3. The van der Waals surface area contributed by atoms with Crippen LogP contribution in [0, 0.1) is 6.92 Å². The van der Waals surface area contributed by atoms with Crippen LogP contribution in [0.3, 0.4) is 0 Å². The van der Waals surface area contributed by atoms with Crippen molar-refractivity contribution in [2.24, 2.45) is 0 Å². The van der Waals surface area contributed by atoms with Gasteiger partial charge in [-0.05, 0) is 49.4 Å². The maximum absolute atomic E-state index is 13.6. The third-order valence-corrected chi connectivity index (χ3v) is 6.01. The van der Waals surface area contributed by atoms with E-state index in [0.29, 0.717) is 34.0 Å². The highest BCUT2D eigenvalue weighted by Gasteiger charge is 2.25. The first-order chi connectivity index (χ1) is 17.7. The number of carboxylic acid groups (broad SMARTS) is 1. The Bertz CT molecular complexity index is 1530. The number of carbonyl (C=O) groups excluding carboxylic acids is 2. The third kappa shape index (κ3) is 4.40. The molecule has 10 nitrogen and oxygen atoms in total. The van der Waals surface area contributed by atoms with Gasteiger partial charge in [0.25, 0.3) is 5.91 Å². The van der Waals surface area contributed by atoms with Gasteiger partial charge in [-0.15, -0.1) is 0 Å². The van der Waals surface area contributed by atoms with E-state index in [0.717, 1.165) is 0 Å². The zero-order chi connectivity index (χ0) is 26.9. The van der Waals surface area contributed by atoms with Crippen LogP contribution in [0.2, 0.25) is 0 Å². The first kappa shape index (κ1) is 25.1. The largest absolute Gasteiger partial charge is 0.493 e. The molecule has 0 atom stereocenters. The number of amides is 1. The smallest absolute Gasteiger partial charge is 0.337 e. The highest BCUT2D eigenvalue weighted by molar-refractivity contribution is 6.15. The maximum atomic E-state index is 13.6. The van der Waals surface area contributed by atoms with E-state index in [9.17, 15) is 19.5 Å². The molecule has 10 heteroatoms. The van der Waals surface area contributed by atoms with Crippen LogP contribution in [-0.4, -0.2) is 48.5 Å². The van der Waals surface area contributed by atoms with E-state index in [1.165, 1.54) is 51.7 Å². The molecule has 0 aliphatic rings. The number of pyridine rings is 1. The van der Waals surface area contributed by atoms with E-state index in [-0.39, 0.29) is 28.1 Å². The summed E-state index contributed by atoms with van der Waals surface area (Å²) in [7, 11) is 4.38. The van der Waals surface area contributed by atoms with E-state index in [4.69, 9.17) is 19.9 Å². The summed E-state index contributed by atoms with van der Waals surface area (Å²) in [5.74, 6) is -1.13. The molecule has 4 N–H and O–H groups in total. The Hall–Kier alpha value is -4.99. The average Bonchev–Trinajstić information content (AvgIpc) is 3.18. The molecule has 37 heavy (non-hydrogen) atoms. The number of nitrogens with zero attached hydrogens (tertiary/aromatic N) is 1. The number of hydrogen-bond acceptors (Lipinski definition) is 7. The molecule has 190 valence electrons. The number of methoxy groups -OCH3 is 3. The first-order valence-corrected chi connectivity index (χ1v) is 11.1. The number of rotatable bonds is 8. The van der Waals surface area contributed by atoms with E-state index < -0.39 is 17.7 Å². The number of nitrogens with two attached hydrogens (primary N) is 1. The summed E-state index contributed by atoms with van der Waals surface area (Å²) in [6.07, 6.45) is 1.69. The maximum Gasteiger partial charge on any atom is 0.337 e. The van der Waals surface area contributed by atoms with Crippen molar-refractivity contribution in [2.75, 3.05) is 32.4 Å². The number of aromatic nitrogens is 1. The molecule has 4 aromatic rings. The van der Waals surface area contributed by atoms with Crippen LogP contribution in [0.5, 0.6) is 17.2 Å². The number of ketones is 1. The Balaban J connectivity index is 1.80. The lowest BCUT2D eigenvalue weighted by Crippen LogP contribution is -2.13. The highest BCUT2D eigenvalue weighted by atomic mass is 16.5. The molecule has 0 aliphatic heterocycles. The second-order valence-corrected chi connectivity index (χ2v) is 8.11. The minimum absolute atomic E-state index is 0.0547. The normalized spacial score (nSPS) is 10.7. The van der Waals surface area contributed by atoms with Gasteiger partial charge in [0, 0.05) is 28.6 Å². The molecule has 4 rings (SSSR count). The van der Waals surface area contributed by atoms with E-state index in [2.05, 4.69) is 5.32 Å². The standard InChI is InChI=1S/C27H25N3O7/c1-14-22(29-26(32)16-12-20(35-2)25(37-4)21(13-16)36-3)19-7-5-6-10-30(19)23(14)24(31)15-8-9-18(28)17(11-15)27(33)34/h5-13H,28H2,1-4H3,(H,29,32)(H,33,34). The van der Waals surface area contributed by atoms with Gasteiger partial charge in [-0.2, -0.15) is 0 Å². The summed E-state index contributed by atoms with van der Waals surface area (Å²) in [6, 6.07) is 12.4. The molecule has 0 radical (unpaired) electrons. The highest BCUT2D eigenvalue weighted by Crippen LogP contribution is 2.39. The third-order valence-electron chi connectivity index (χ3n) is 6.01. The molecular formula is C27H25N3O7. The van der Waals surface area contributed by atoms with Crippen LogP contribution < -0.4 is 25.3 Å². The van der Waals surface area contributed by atoms with Gasteiger partial charge in [-0.3, -0.25) is 9.59 Å². The van der Waals surface area contributed by atoms with Crippen LogP contribution in [0.15, 0.2) is 54.7 Å². The van der Waals surface area contributed by atoms with Gasteiger partial charge >= 0.3 is 5.97 Å². The quantitative estimate of drug-likeness (QED) is 0.242. The molecule has 1 amide bonds. The lowest BCUT2D eigenvalue weighted by molar-refractivity contribution is 0.0697. The van der Waals surface area contributed by atoms with Crippen molar-refractivity contribution < 1.29 is 33.7 Å². The van der Waals surface area contributed by atoms with Crippen molar-refractivity contribution in [3.8, 4) is 17.2 Å². The number of hydrogen-bond donors (Lipinski definition) is 3. The number of benzene rings is 2. The van der Waals surface area contributed by atoms with E-state index in [1.54, 1.807) is 35.7 Å². The van der Waals surface area contributed by atoms with Crippen LogP contribution in [0.4, 0.5) is 11.4 Å². The second-order valence-electron chi connectivity index (χ2n) is 8.11. The Morgan fingerprint density at radius 3 is 2.19 bits per heavy atom. The van der Waals surface area contributed by atoms with Crippen molar-refractivity contribution in [3.05, 3.63) is 82.7 Å². The van der Waals surface area contributed by atoms with Crippen molar-refractivity contribution in [1.29, 1.82) is 0 Å². The van der Waals surface area contributed by atoms with Crippen molar-refractivity contribution in [2.45, 2.75) is 6.92 Å². The molecular weight excluding hydrogens is 478 g/mol. The average molecular weight is 504 g/mol. The predicted molar refractivity (Wildman–Crippen MR) is 137 cm³/mol. The number of carbonyl (C=O) groups is 3. The lowest BCUT2D eigenvalue weighted by atomic mass is 10.0. The molecule has 0 saturated heterocycles. The molecule has 0 fully saturated rings. The van der Waals surface area contributed by atoms with Gasteiger partial charge in [0.15, 0.2) is 11.5 Å². The topological polar surface area (TPSA) is 142 Å². The number of nitrogens with one attached hydrogen (secondary N) is 1. The summed E-state index contributed by atoms with van der Waals surface area (Å²) in [4.78, 5) is 38.4. The van der Waals surface area contributed by atoms with Gasteiger partial charge in [0.05, 0.1) is 43.8 Å². The van der Waals surface area contributed by atoms with Crippen LogP contribution in [-0.2, 0) is 0 Å². The van der Waals surface area contributed by atoms with E-state index >= 15 is 0 Å². The van der Waals surface area contributed by atoms with Crippen LogP contribution >= 0.6 is 0 Å². The molecule has 2 aromatic carbocycles. The fourth-order valence-electron chi connectivity index (χ4n) is 4.19. The fraction of sp³-hybridized carbons (Fsp3) is 0.148. The lowest BCUT2D eigenvalue weighted by Gasteiger charge is -2.14. The molecule has 0 saturated carbocycles. The molecule has 0 aliphatic carbocycles. The summed E-state index contributed by atoms with van der Waals surface area (Å²) in [5.41, 5.74) is 7.84. The minimum Gasteiger partial charge on any atom is -0.493 e. The summed E-state index contributed by atoms with van der Waals surface area (Å²) in [6.45, 7) is 1.71. The molecule has 0 unspecified atom stereocenters. The fourth-order valence-corrected chi connectivity index (χ4v) is 4.19. The van der Waals surface area contributed by atoms with E-state index in [1.807, 2.05) is 0 Å². The molecule has 2 aromatic heterocycles. The SMILES string of the molecule is COc1cc(C(=O)Nc2c(C)c(C(=O)c3ccc(N)c(C(=O)O)c3)n3ccccc23)cc(OC)c1OC. The van der Waals surface area contributed by atoms with Gasteiger partial charge in [0.2, 0.25) is 11.5 Å². The van der Waals surface area contributed by atoms with Crippen LogP contribution in [0.1, 0.15) is 42.3 Å². The number of aromatic carboxylic acids is 1. The first-order valence-electron chi connectivity index (χ1n) is 11.1. The Morgan fingerprint density at radius 2 is 1.59 bits per heavy atom. The number of anilines is 2. The summed E-state index contributed by atoms with van der Waals surface area (Å²) < 4.78 is 17.7. The summed E-state index contributed by atoms with van der Waals surface area (Å²) >= 11 is 0. The predicted octanol–water partition coefficient (Wildman–Crippen LogP) is 4.04. The Labute approximate surface area is 212 Å². The second kappa shape index (κ2) is 9.94. The number of carboxylic acids is 1. The minimum atomic E-state index is -1.23. The van der Waals surface area contributed by atoms with Gasteiger partial charge in [-0.1, -0.05) is 6.07 Å². The van der Waals surface area contributed by atoms with Crippen molar-refractivity contribution in [1.82, 2.24) is 4.40 Å². The van der Waals surface area contributed by atoms with Gasteiger partial charge < -0.3 is 34.8 Å². The Kier molecular flexibility index (Phi) is 6.75. The number of ether oxygens (including phenoxy) is 3. The van der Waals surface area contributed by atoms with Gasteiger partial charge in [-0.25, -0.2) is 4.79 Å². The zero-order valence-electron chi connectivity index (χ0n) is 20.6. The zero-order valence-corrected chi connectivity index (χ0v) is 20.6. The monoisotopic (exact) mass is 503 g/mol. The molecule has 0 spiro atoms. The van der Waals surface area contributed by atoms with Crippen LogP contribution in [0.25, 0.3) is 5.52 Å². The molecule has 2 heterocycles. The van der Waals surface area contributed by atoms with Crippen molar-refractivity contribution in [3.63, 3.8) is 0 Å². The number of fused-ring (bicyclic) bond motifs is 1. The Morgan fingerprint density at radius 1 is 0.919 bits per heavy atom. The number of nitrogen functional groups attached to an aromatic ring is 1. The van der Waals surface area contributed by atoms with Crippen molar-refractivity contribution >= 4 is 34.6 Å². The molecule has 0 bridgehead atoms. The van der Waals surface area contributed by atoms with Gasteiger partial charge in [0.1, 0.15) is 0 Å².